The highest BCUT2D eigenvalue weighted by Crippen LogP contribution is 2.36. The molecule has 2 aromatic carbocycles. The minimum absolute atomic E-state index is 0.00895. The Morgan fingerprint density at radius 1 is 1.21 bits per heavy atom. The van der Waals surface area contributed by atoms with Crippen molar-refractivity contribution in [2.24, 2.45) is 5.92 Å². The SMILES string of the molecule is CN(C/C=C/C(=O)Nc1cc2c(Nc3ccc(F)c(Cl)c3)ncnc2cc1OCC1CC1)C1CCNCC1. The quantitative estimate of drug-likeness (QED) is 0.308. The molecule has 1 aromatic heterocycles. The van der Waals surface area contributed by atoms with E-state index in [-0.39, 0.29) is 10.9 Å². The van der Waals surface area contributed by atoms with Crippen LogP contribution in [0.3, 0.4) is 0 Å². The molecule has 3 aromatic rings. The number of nitrogens with zero attached hydrogens (tertiary/aromatic N) is 3. The molecular formula is C28H32ClFN6O2. The van der Waals surface area contributed by atoms with Crippen molar-refractivity contribution >= 4 is 45.6 Å². The second kappa shape index (κ2) is 12.1. The number of nitrogens with one attached hydrogen (secondary N) is 3. The number of ether oxygens (including phenoxy) is 1. The first-order valence-corrected chi connectivity index (χ1v) is 13.4. The first-order valence-electron chi connectivity index (χ1n) is 13.0. The van der Waals surface area contributed by atoms with Crippen LogP contribution in [0.5, 0.6) is 5.75 Å². The molecule has 1 saturated carbocycles. The lowest BCUT2D eigenvalue weighted by molar-refractivity contribution is -0.111. The highest BCUT2D eigenvalue weighted by molar-refractivity contribution is 6.31. The molecule has 1 amide bonds. The van der Waals surface area contributed by atoms with Crippen LogP contribution in [0.1, 0.15) is 25.7 Å². The lowest BCUT2D eigenvalue weighted by atomic mass is 10.1. The Kier molecular flexibility index (Phi) is 8.36. The minimum Gasteiger partial charge on any atom is -0.491 e. The number of fused-ring (bicyclic) bond motifs is 1. The van der Waals surface area contributed by atoms with Gasteiger partial charge in [0, 0.05) is 35.8 Å². The Balaban J connectivity index is 1.35. The Morgan fingerprint density at radius 3 is 2.79 bits per heavy atom. The van der Waals surface area contributed by atoms with Crippen molar-refractivity contribution in [3.8, 4) is 5.75 Å². The number of aromatic nitrogens is 2. The summed E-state index contributed by atoms with van der Waals surface area (Å²) in [5, 5.41) is 10.2. The van der Waals surface area contributed by atoms with E-state index in [4.69, 9.17) is 16.3 Å². The van der Waals surface area contributed by atoms with Crippen molar-refractivity contribution in [2.45, 2.75) is 31.7 Å². The van der Waals surface area contributed by atoms with Gasteiger partial charge in [0.05, 0.1) is 22.8 Å². The molecule has 200 valence electrons. The van der Waals surface area contributed by atoms with E-state index in [0.717, 1.165) is 38.8 Å². The van der Waals surface area contributed by atoms with Gasteiger partial charge in [-0.3, -0.25) is 9.69 Å². The molecule has 0 unspecified atom stereocenters. The lowest BCUT2D eigenvalue weighted by Gasteiger charge is -2.30. The van der Waals surface area contributed by atoms with E-state index in [2.05, 4.69) is 37.9 Å². The van der Waals surface area contributed by atoms with Gasteiger partial charge in [-0.15, -0.1) is 0 Å². The van der Waals surface area contributed by atoms with Crippen LogP contribution in [-0.2, 0) is 4.79 Å². The summed E-state index contributed by atoms with van der Waals surface area (Å²) in [5.41, 5.74) is 1.77. The topological polar surface area (TPSA) is 91.4 Å². The number of rotatable bonds is 10. The molecule has 1 saturated heterocycles. The summed E-state index contributed by atoms with van der Waals surface area (Å²) in [7, 11) is 2.09. The number of halogens is 2. The van der Waals surface area contributed by atoms with E-state index >= 15 is 0 Å². The minimum atomic E-state index is -0.498. The summed E-state index contributed by atoms with van der Waals surface area (Å²) in [5.74, 6) is 0.872. The fourth-order valence-corrected chi connectivity index (χ4v) is 4.68. The summed E-state index contributed by atoms with van der Waals surface area (Å²) >= 11 is 5.95. The fraction of sp³-hybridized carbons (Fsp3) is 0.393. The van der Waals surface area contributed by atoms with Crippen LogP contribution in [-0.4, -0.2) is 60.1 Å². The Morgan fingerprint density at radius 2 is 2.03 bits per heavy atom. The number of hydrogen-bond donors (Lipinski definition) is 3. The van der Waals surface area contributed by atoms with Gasteiger partial charge in [-0.2, -0.15) is 0 Å². The van der Waals surface area contributed by atoms with Gasteiger partial charge in [-0.05, 0) is 76.0 Å². The molecular weight excluding hydrogens is 507 g/mol. The number of hydrogen-bond acceptors (Lipinski definition) is 7. The van der Waals surface area contributed by atoms with Crippen LogP contribution in [0.4, 0.5) is 21.6 Å². The molecule has 10 heteroatoms. The van der Waals surface area contributed by atoms with Crippen LogP contribution in [0.25, 0.3) is 10.9 Å². The highest BCUT2D eigenvalue weighted by Gasteiger charge is 2.23. The molecule has 0 radical (unpaired) electrons. The number of carbonyl (C=O) groups excluding carboxylic acids is 1. The zero-order valence-corrected chi connectivity index (χ0v) is 22.1. The third-order valence-corrected chi connectivity index (χ3v) is 7.23. The molecule has 38 heavy (non-hydrogen) atoms. The maximum atomic E-state index is 13.6. The Labute approximate surface area is 226 Å². The van der Waals surface area contributed by atoms with Crippen LogP contribution in [0, 0.1) is 11.7 Å². The van der Waals surface area contributed by atoms with E-state index in [1.165, 1.54) is 18.5 Å². The monoisotopic (exact) mass is 538 g/mol. The van der Waals surface area contributed by atoms with E-state index in [0.29, 0.717) is 59.0 Å². The predicted molar refractivity (Wildman–Crippen MR) is 149 cm³/mol. The molecule has 3 N–H and O–H groups in total. The van der Waals surface area contributed by atoms with E-state index < -0.39 is 5.82 Å². The number of amides is 1. The van der Waals surface area contributed by atoms with Gasteiger partial charge in [0.15, 0.2) is 0 Å². The average molecular weight is 539 g/mol. The van der Waals surface area contributed by atoms with Crippen molar-refractivity contribution in [2.75, 3.05) is 43.9 Å². The second-order valence-corrected chi connectivity index (χ2v) is 10.3. The molecule has 2 heterocycles. The van der Waals surface area contributed by atoms with Gasteiger partial charge in [0.25, 0.3) is 0 Å². The first kappa shape index (κ1) is 26.3. The smallest absolute Gasteiger partial charge is 0.248 e. The Bertz CT molecular complexity index is 1330. The Hall–Kier alpha value is -3.27. The van der Waals surface area contributed by atoms with Crippen molar-refractivity contribution < 1.29 is 13.9 Å². The predicted octanol–water partition coefficient (Wildman–Crippen LogP) is 5.13. The van der Waals surface area contributed by atoms with Crippen molar-refractivity contribution in [1.82, 2.24) is 20.2 Å². The molecule has 5 rings (SSSR count). The molecule has 2 aliphatic rings. The van der Waals surface area contributed by atoms with Crippen molar-refractivity contribution in [1.29, 1.82) is 0 Å². The zero-order valence-electron chi connectivity index (χ0n) is 21.3. The van der Waals surface area contributed by atoms with Gasteiger partial charge in [-0.1, -0.05) is 17.7 Å². The summed E-state index contributed by atoms with van der Waals surface area (Å²) in [6, 6.07) is 8.50. The number of anilines is 3. The fourth-order valence-electron chi connectivity index (χ4n) is 4.50. The third kappa shape index (κ3) is 6.78. The average Bonchev–Trinajstić information content (AvgIpc) is 3.75. The van der Waals surface area contributed by atoms with Crippen LogP contribution >= 0.6 is 11.6 Å². The second-order valence-electron chi connectivity index (χ2n) is 9.91. The largest absolute Gasteiger partial charge is 0.491 e. The lowest BCUT2D eigenvalue weighted by Crippen LogP contribution is -2.41. The molecule has 2 fully saturated rings. The maximum absolute atomic E-state index is 13.6. The highest BCUT2D eigenvalue weighted by atomic mass is 35.5. The van der Waals surface area contributed by atoms with E-state index in [9.17, 15) is 9.18 Å². The van der Waals surface area contributed by atoms with Crippen LogP contribution < -0.4 is 20.7 Å². The number of carbonyl (C=O) groups is 1. The standard InChI is InChI=1S/C28H32ClFN6O2/c1-36(20-8-10-31-11-9-20)12-2-3-27(37)35-25-14-21-24(15-26(25)38-16-18-4-5-18)32-17-33-28(21)34-19-6-7-23(30)22(29)13-19/h2-3,6-7,13-15,17-18,20,31H,4-5,8-12,16H2,1H3,(H,35,37)(H,32,33,34)/b3-2+. The van der Waals surface area contributed by atoms with E-state index in [1.807, 2.05) is 12.1 Å². The van der Waals surface area contributed by atoms with Gasteiger partial charge in [0.1, 0.15) is 23.7 Å². The third-order valence-electron chi connectivity index (χ3n) is 6.94. The summed E-state index contributed by atoms with van der Waals surface area (Å²) < 4.78 is 19.7. The molecule has 1 aliphatic carbocycles. The number of likely N-dealkylation sites (N-methyl/N-ethyl adjacent to an activating group) is 1. The maximum Gasteiger partial charge on any atom is 0.248 e. The number of piperidine rings is 1. The normalized spacial score (nSPS) is 16.3. The van der Waals surface area contributed by atoms with Gasteiger partial charge < -0.3 is 20.7 Å². The molecule has 0 spiro atoms. The first-order chi connectivity index (χ1) is 18.5. The molecule has 1 aliphatic heterocycles. The van der Waals surface area contributed by atoms with Crippen molar-refractivity contribution in [3.63, 3.8) is 0 Å². The van der Waals surface area contributed by atoms with E-state index in [1.54, 1.807) is 18.2 Å². The number of benzene rings is 2. The van der Waals surface area contributed by atoms with Gasteiger partial charge in [0.2, 0.25) is 5.91 Å². The van der Waals surface area contributed by atoms with Crippen molar-refractivity contribution in [3.05, 3.63) is 59.7 Å². The zero-order chi connectivity index (χ0) is 26.5. The van der Waals surface area contributed by atoms with Crippen LogP contribution in [0.2, 0.25) is 5.02 Å². The summed E-state index contributed by atoms with van der Waals surface area (Å²) in [4.78, 5) is 23.9. The molecule has 0 bridgehead atoms. The molecule has 8 nitrogen and oxygen atoms in total. The van der Waals surface area contributed by atoms with Gasteiger partial charge in [-0.25, -0.2) is 14.4 Å². The molecule has 0 atom stereocenters. The summed E-state index contributed by atoms with van der Waals surface area (Å²) in [6.07, 6.45) is 9.42. The van der Waals surface area contributed by atoms with Gasteiger partial charge >= 0.3 is 0 Å². The summed E-state index contributed by atoms with van der Waals surface area (Å²) in [6.45, 7) is 3.34. The van der Waals surface area contributed by atoms with Crippen LogP contribution in [0.15, 0.2) is 48.8 Å².